The van der Waals surface area contributed by atoms with Crippen molar-refractivity contribution < 1.29 is 14.0 Å². The van der Waals surface area contributed by atoms with Crippen molar-refractivity contribution in [2.45, 2.75) is 17.8 Å². The van der Waals surface area contributed by atoms with Crippen molar-refractivity contribution in [2.75, 3.05) is 11.1 Å². The summed E-state index contributed by atoms with van der Waals surface area (Å²) >= 11 is 2.34. The maximum atomic E-state index is 12.9. The molecule has 0 fully saturated rings. The minimum absolute atomic E-state index is 0.148. The molecule has 0 atom stereocenters. The van der Waals surface area contributed by atoms with E-state index in [1.54, 1.807) is 12.1 Å². The average molecular weight is 417 g/mol. The molecule has 0 aliphatic carbocycles. The molecule has 3 rings (SSSR count). The number of aromatic nitrogens is 2. The second-order valence-electron chi connectivity index (χ2n) is 5.83. The fourth-order valence-corrected chi connectivity index (χ4v) is 3.81. The van der Waals surface area contributed by atoms with Crippen LogP contribution in [0.1, 0.15) is 20.9 Å². The molecule has 1 aromatic heterocycles. The molecule has 9 heteroatoms. The highest BCUT2D eigenvalue weighted by atomic mass is 32.2. The third-order valence-corrected chi connectivity index (χ3v) is 5.78. The van der Waals surface area contributed by atoms with Crippen molar-refractivity contribution in [1.29, 1.82) is 0 Å². The lowest BCUT2D eigenvalue weighted by Crippen LogP contribution is -2.24. The molecule has 2 aromatic carbocycles. The number of hydrogen-bond donors (Lipinski definition) is 2. The topological polar surface area (TPSA) is 84.0 Å². The number of amides is 2. The van der Waals surface area contributed by atoms with E-state index in [1.165, 1.54) is 23.9 Å². The fourth-order valence-electron chi connectivity index (χ4n) is 2.23. The van der Waals surface area contributed by atoms with E-state index in [2.05, 4.69) is 20.8 Å². The van der Waals surface area contributed by atoms with E-state index in [4.69, 9.17) is 0 Å². The van der Waals surface area contributed by atoms with Crippen molar-refractivity contribution >= 4 is 40.6 Å². The Kier molecular flexibility index (Phi) is 6.72. The van der Waals surface area contributed by atoms with Gasteiger partial charge in [-0.2, -0.15) is 0 Å². The van der Waals surface area contributed by atoms with Crippen LogP contribution in [0.25, 0.3) is 0 Å². The van der Waals surface area contributed by atoms with Crippen molar-refractivity contribution in [1.82, 2.24) is 15.5 Å². The number of rotatable bonds is 7. The summed E-state index contributed by atoms with van der Waals surface area (Å²) in [5.74, 6) is -0.686. The van der Waals surface area contributed by atoms with Crippen molar-refractivity contribution in [3.05, 3.63) is 70.5 Å². The van der Waals surface area contributed by atoms with E-state index in [0.717, 1.165) is 28.2 Å². The van der Waals surface area contributed by atoms with E-state index in [1.807, 2.05) is 31.2 Å². The summed E-state index contributed by atoms with van der Waals surface area (Å²) in [5.41, 5.74) is 2.48. The van der Waals surface area contributed by atoms with Crippen LogP contribution in [0.15, 0.2) is 52.9 Å². The van der Waals surface area contributed by atoms with Gasteiger partial charge in [0.2, 0.25) is 10.9 Å². The number of hydrogen-bond acceptors (Lipinski definition) is 6. The van der Waals surface area contributed by atoms with Crippen LogP contribution in [0.5, 0.6) is 0 Å². The predicted octanol–water partition coefficient (Wildman–Crippen LogP) is 3.65. The number of carbonyl (C=O) groups excluding carboxylic acids is 2. The maximum absolute atomic E-state index is 12.9. The summed E-state index contributed by atoms with van der Waals surface area (Å²) in [5, 5.41) is 13.6. The summed E-state index contributed by atoms with van der Waals surface area (Å²) in [7, 11) is 0. The molecule has 0 radical (unpaired) electrons. The molecule has 0 saturated carbocycles. The van der Waals surface area contributed by atoms with Crippen LogP contribution in [0, 0.1) is 12.7 Å². The van der Waals surface area contributed by atoms with E-state index >= 15 is 0 Å². The summed E-state index contributed by atoms with van der Waals surface area (Å²) in [6.45, 7) is 2.22. The van der Waals surface area contributed by atoms with E-state index in [-0.39, 0.29) is 28.4 Å². The summed E-state index contributed by atoms with van der Waals surface area (Å²) < 4.78 is 13.4. The zero-order chi connectivity index (χ0) is 19.9. The quantitative estimate of drug-likeness (QED) is 0.575. The largest absolute Gasteiger partial charge is 0.351 e. The lowest BCUT2D eigenvalue weighted by Gasteiger charge is -2.05. The van der Waals surface area contributed by atoms with E-state index < -0.39 is 0 Å². The van der Waals surface area contributed by atoms with Crippen LogP contribution >= 0.6 is 23.1 Å². The van der Waals surface area contributed by atoms with Gasteiger partial charge in [0, 0.05) is 12.2 Å². The summed E-state index contributed by atoms with van der Waals surface area (Å²) in [6.07, 6.45) is 0. The molecule has 3 aromatic rings. The number of benzene rings is 2. The van der Waals surface area contributed by atoms with Gasteiger partial charge < -0.3 is 10.6 Å². The average Bonchev–Trinajstić information content (AvgIpc) is 3.17. The molecule has 6 nitrogen and oxygen atoms in total. The monoisotopic (exact) mass is 416 g/mol. The first-order chi connectivity index (χ1) is 13.5. The van der Waals surface area contributed by atoms with Gasteiger partial charge in [-0.05, 0) is 36.2 Å². The zero-order valence-electron chi connectivity index (χ0n) is 14.9. The van der Waals surface area contributed by atoms with Gasteiger partial charge in [-0.25, -0.2) is 4.39 Å². The third-order valence-electron chi connectivity index (χ3n) is 3.72. The van der Waals surface area contributed by atoms with Crippen LogP contribution in [0.3, 0.4) is 0 Å². The van der Waals surface area contributed by atoms with Gasteiger partial charge in [-0.1, -0.05) is 53.4 Å². The Morgan fingerprint density at radius 1 is 1.11 bits per heavy atom. The van der Waals surface area contributed by atoms with E-state index in [9.17, 15) is 14.0 Å². The minimum Gasteiger partial charge on any atom is -0.351 e. The lowest BCUT2D eigenvalue weighted by atomic mass is 10.2. The Morgan fingerprint density at radius 2 is 1.86 bits per heavy atom. The predicted molar refractivity (Wildman–Crippen MR) is 108 cm³/mol. The Hall–Kier alpha value is -2.78. The molecule has 28 heavy (non-hydrogen) atoms. The summed E-state index contributed by atoms with van der Waals surface area (Å²) in [6, 6.07) is 13.4. The second-order valence-corrected chi connectivity index (χ2v) is 8.03. The number of thioether (sulfide) groups is 1. The van der Waals surface area contributed by atoms with Crippen molar-refractivity contribution in [3.8, 4) is 0 Å². The number of carbonyl (C=O) groups is 2. The van der Waals surface area contributed by atoms with Gasteiger partial charge in [-0.3, -0.25) is 9.59 Å². The zero-order valence-corrected chi connectivity index (χ0v) is 16.6. The first-order valence-electron chi connectivity index (χ1n) is 8.35. The molecule has 0 aliphatic rings. The fraction of sp³-hybridized carbons (Fsp3) is 0.158. The molecule has 0 saturated heterocycles. The number of nitrogens with one attached hydrogen (secondary N) is 2. The third kappa shape index (κ3) is 5.61. The normalized spacial score (nSPS) is 10.5. The molecular weight excluding hydrogens is 399 g/mol. The van der Waals surface area contributed by atoms with E-state index in [0.29, 0.717) is 10.9 Å². The lowest BCUT2D eigenvalue weighted by molar-refractivity contribution is -0.118. The van der Waals surface area contributed by atoms with Crippen LogP contribution in [0.2, 0.25) is 0 Å². The van der Waals surface area contributed by atoms with Gasteiger partial charge in [0.05, 0.1) is 5.75 Å². The highest BCUT2D eigenvalue weighted by molar-refractivity contribution is 8.01. The van der Waals surface area contributed by atoms with Gasteiger partial charge in [0.1, 0.15) is 5.82 Å². The molecule has 0 unspecified atom stereocenters. The van der Waals surface area contributed by atoms with Gasteiger partial charge in [-0.15, -0.1) is 10.2 Å². The van der Waals surface area contributed by atoms with Crippen LogP contribution in [-0.4, -0.2) is 27.8 Å². The molecular formula is C19H17FN4O2S2. The van der Waals surface area contributed by atoms with Gasteiger partial charge in [0.15, 0.2) is 4.34 Å². The first kappa shape index (κ1) is 20.0. The highest BCUT2D eigenvalue weighted by Crippen LogP contribution is 2.23. The van der Waals surface area contributed by atoms with Crippen LogP contribution in [-0.2, 0) is 11.3 Å². The first-order valence-corrected chi connectivity index (χ1v) is 10.2. The standard InChI is InChI=1S/C19H17FN4O2S2/c1-12-4-2-3-5-15(12)22-17(26)18-23-24-19(28-18)27-11-16(25)21-10-13-6-8-14(20)9-7-13/h2-9H,10-11H2,1H3,(H,21,25)(H,22,26). The van der Waals surface area contributed by atoms with Crippen molar-refractivity contribution in [2.24, 2.45) is 0 Å². The van der Waals surface area contributed by atoms with Gasteiger partial charge >= 0.3 is 0 Å². The SMILES string of the molecule is Cc1ccccc1NC(=O)c1nnc(SCC(=O)NCc2ccc(F)cc2)s1. The second kappa shape index (κ2) is 9.43. The molecule has 0 spiro atoms. The number of halogens is 1. The molecule has 1 heterocycles. The maximum Gasteiger partial charge on any atom is 0.286 e. The van der Waals surface area contributed by atoms with Gasteiger partial charge in [0.25, 0.3) is 5.91 Å². The molecule has 144 valence electrons. The molecule has 0 aliphatic heterocycles. The molecule has 2 amide bonds. The smallest absolute Gasteiger partial charge is 0.286 e. The number of nitrogens with zero attached hydrogens (tertiary/aromatic N) is 2. The summed E-state index contributed by atoms with van der Waals surface area (Å²) in [4.78, 5) is 24.2. The Bertz CT molecular complexity index is 976. The van der Waals surface area contributed by atoms with Crippen LogP contribution < -0.4 is 10.6 Å². The Morgan fingerprint density at radius 3 is 2.61 bits per heavy atom. The van der Waals surface area contributed by atoms with Crippen molar-refractivity contribution in [3.63, 3.8) is 0 Å². The Labute approximate surface area is 169 Å². The number of para-hydroxylation sites is 1. The number of aryl methyl sites for hydroxylation is 1. The minimum atomic E-state index is -0.334. The van der Waals surface area contributed by atoms with Crippen LogP contribution in [0.4, 0.5) is 10.1 Å². The molecule has 0 bridgehead atoms. The molecule has 2 N–H and O–H groups in total. The Balaban J connectivity index is 1.47. The number of anilines is 1. The highest BCUT2D eigenvalue weighted by Gasteiger charge is 2.15.